The topological polar surface area (TPSA) is 6.48 Å². The third-order valence-electron chi connectivity index (χ3n) is 12.9. The van der Waals surface area contributed by atoms with Gasteiger partial charge in [0, 0.05) is 44.7 Å². The van der Waals surface area contributed by atoms with Crippen LogP contribution in [0.15, 0.2) is 232 Å². The molecule has 10 aromatic carbocycles. The summed E-state index contributed by atoms with van der Waals surface area (Å²) in [6.45, 7) is 17.5. The normalized spacial score (nSPS) is 12.9. The molecule has 0 aliphatic heterocycles. The summed E-state index contributed by atoms with van der Waals surface area (Å²) in [6, 6.07) is 58.0. The van der Waals surface area contributed by atoms with Crippen LogP contribution in [0, 0.1) is 0 Å². The first kappa shape index (κ1) is 38.7. The zero-order valence-electron chi connectivity index (χ0n) is 35.8. The Morgan fingerprint density at radius 1 is 0.438 bits per heavy atom. The van der Waals surface area contributed by atoms with E-state index in [2.05, 4.69) is 212 Å². The van der Waals surface area contributed by atoms with Gasteiger partial charge in [-0.15, -0.1) is 0 Å². The van der Waals surface area contributed by atoms with Gasteiger partial charge < -0.3 is 9.80 Å². The summed E-state index contributed by atoms with van der Waals surface area (Å²) in [6.07, 6.45) is 18.6. The monoisotopic (exact) mass is 818 g/mol. The minimum atomic E-state index is 0.890. The predicted molar refractivity (Wildman–Crippen MR) is 281 cm³/mol. The fourth-order valence-corrected chi connectivity index (χ4v) is 9.91. The minimum Gasteiger partial charge on any atom is -0.310 e. The molecule has 0 bridgehead atoms. The summed E-state index contributed by atoms with van der Waals surface area (Å²) < 4.78 is 0. The molecule has 0 atom stereocenters. The van der Waals surface area contributed by atoms with Gasteiger partial charge in [0.25, 0.3) is 0 Å². The number of nitrogens with zero attached hydrogens (tertiary/aromatic N) is 2. The zero-order chi connectivity index (χ0) is 43.3. The number of benzene rings is 10. The second-order valence-electron chi connectivity index (χ2n) is 16.6. The van der Waals surface area contributed by atoms with Crippen LogP contribution in [0.25, 0.3) is 87.6 Å². The Labute approximate surface area is 374 Å². The van der Waals surface area contributed by atoms with Crippen LogP contribution >= 0.6 is 0 Å². The molecule has 1 aliphatic carbocycles. The van der Waals surface area contributed by atoms with E-state index in [-0.39, 0.29) is 0 Å². The van der Waals surface area contributed by atoms with Gasteiger partial charge in [-0.2, -0.15) is 0 Å². The molecule has 0 N–H and O–H groups in total. The van der Waals surface area contributed by atoms with Crippen molar-refractivity contribution in [1.82, 2.24) is 0 Å². The Balaban J connectivity index is 1.15. The first-order valence-corrected chi connectivity index (χ1v) is 22.0. The molecule has 304 valence electrons. The average molecular weight is 819 g/mol. The third-order valence-corrected chi connectivity index (χ3v) is 12.9. The first-order valence-electron chi connectivity index (χ1n) is 22.0. The summed E-state index contributed by atoms with van der Waals surface area (Å²) in [5.74, 6) is 0. The molecule has 0 heterocycles. The summed E-state index contributed by atoms with van der Waals surface area (Å²) in [5.41, 5.74) is 8.09. The van der Waals surface area contributed by atoms with E-state index in [1.54, 1.807) is 0 Å². The van der Waals surface area contributed by atoms with Crippen molar-refractivity contribution in [1.29, 1.82) is 0 Å². The van der Waals surface area contributed by atoms with E-state index >= 15 is 0 Å². The maximum atomic E-state index is 4.52. The Morgan fingerprint density at radius 3 is 1.36 bits per heavy atom. The molecule has 0 fully saturated rings. The fourth-order valence-electron chi connectivity index (χ4n) is 9.91. The Bertz CT molecular complexity index is 3710. The van der Waals surface area contributed by atoms with Crippen LogP contribution < -0.4 is 9.80 Å². The van der Waals surface area contributed by atoms with Crippen LogP contribution in [-0.2, 0) is 0 Å². The Morgan fingerprint density at radius 2 is 0.875 bits per heavy atom. The van der Waals surface area contributed by atoms with Crippen molar-refractivity contribution in [2.75, 3.05) is 9.80 Å². The van der Waals surface area contributed by atoms with Crippen LogP contribution in [0.4, 0.5) is 22.7 Å². The lowest BCUT2D eigenvalue weighted by atomic mass is 9.91. The van der Waals surface area contributed by atoms with Crippen LogP contribution in [0.1, 0.15) is 24.0 Å². The zero-order valence-corrected chi connectivity index (χ0v) is 35.8. The van der Waals surface area contributed by atoms with Gasteiger partial charge in [0.1, 0.15) is 0 Å². The van der Waals surface area contributed by atoms with Crippen LogP contribution in [0.3, 0.4) is 0 Å². The number of hydrogen-bond donors (Lipinski definition) is 0. The molecule has 1 aliphatic rings. The molecular formula is C62H46N2. The van der Waals surface area contributed by atoms with E-state index in [4.69, 9.17) is 0 Å². The molecule has 0 unspecified atom stereocenters. The summed E-state index contributed by atoms with van der Waals surface area (Å²) >= 11 is 0. The Hall–Kier alpha value is -8.20. The van der Waals surface area contributed by atoms with E-state index in [0.29, 0.717) is 0 Å². The molecule has 10 aromatic rings. The molecule has 0 amide bonds. The maximum absolute atomic E-state index is 4.52. The maximum Gasteiger partial charge on any atom is 0.0619 e. The quantitative estimate of drug-likeness (QED) is 0.100. The molecule has 0 aromatic heterocycles. The Kier molecular flexibility index (Phi) is 9.63. The van der Waals surface area contributed by atoms with Crippen molar-refractivity contribution in [3.05, 3.63) is 243 Å². The highest BCUT2D eigenvalue weighted by atomic mass is 15.2. The average Bonchev–Trinajstić information content (AvgIpc) is 3.34. The van der Waals surface area contributed by atoms with Gasteiger partial charge >= 0.3 is 0 Å². The van der Waals surface area contributed by atoms with Gasteiger partial charge in [-0.1, -0.05) is 142 Å². The molecule has 0 saturated heterocycles. The van der Waals surface area contributed by atoms with Gasteiger partial charge in [-0.3, -0.25) is 0 Å². The predicted octanol–water partition coefficient (Wildman–Crippen LogP) is 17.8. The minimum absolute atomic E-state index is 0.890. The molecule has 11 rings (SSSR count). The molecule has 2 nitrogen and oxygen atoms in total. The largest absolute Gasteiger partial charge is 0.310 e. The van der Waals surface area contributed by atoms with Crippen molar-refractivity contribution in [2.45, 2.75) is 12.8 Å². The summed E-state index contributed by atoms with van der Waals surface area (Å²) in [5, 5.41) is 16.7. The van der Waals surface area contributed by atoms with E-state index in [9.17, 15) is 0 Å². The molecular weight excluding hydrogens is 773 g/mol. The SMILES string of the molecule is C=CC=C(C=C)N(c1ccc2cc3cc4ccccc4cc3cc2c1)c1c(C=C)c(C=C)c(N(C2=CCCC=C2)c2ccc3cc4cc5ccccc5cc4cc3c2)c2ccccc12. The van der Waals surface area contributed by atoms with Crippen molar-refractivity contribution in [3.63, 3.8) is 0 Å². The second kappa shape index (κ2) is 15.9. The summed E-state index contributed by atoms with van der Waals surface area (Å²) in [4.78, 5) is 4.74. The van der Waals surface area contributed by atoms with E-state index in [0.717, 1.165) is 74.3 Å². The number of allylic oxidation sites excluding steroid dienone is 6. The van der Waals surface area contributed by atoms with Crippen molar-refractivity contribution in [3.8, 4) is 0 Å². The highest BCUT2D eigenvalue weighted by Gasteiger charge is 2.28. The van der Waals surface area contributed by atoms with Gasteiger partial charge in [0.05, 0.1) is 11.4 Å². The number of rotatable bonds is 10. The van der Waals surface area contributed by atoms with Crippen molar-refractivity contribution in [2.24, 2.45) is 0 Å². The lowest BCUT2D eigenvalue weighted by Crippen LogP contribution is -2.21. The van der Waals surface area contributed by atoms with E-state index < -0.39 is 0 Å². The van der Waals surface area contributed by atoms with Crippen LogP contribution in [0.5, 0.6) is 0 Å². The molecule has 0 spiro atoms. The van der Waals surface area contributed by atoms with E-state index in [1.807, 2.05) is 30.4 Å². The number of anilines is 4. The van der Waals surface area contributed by atoms with Crippen LogP contribution in [0.2, 0.25) is 0 Å². The van der Waals surface area contributed by atoms with Crippen molar-refractivity contribution < 1.29 is 0 Å². The fraction of sp³-hybridized carbons (Fsp3) is 0.0323. The number of fused-ring (bicyclic) bond motifs is 7. The third kappa shape index (κ3) is 6.51. The molecule has 2 heteroatoms. The number of hydrogen-bond acceptors (Lipinski definition) is 2. The van der Waals surface area contributed by atoms with Crippen molar-refractivity contribution >= 4 is 110 Å². The van der Waals surface area contributed by atoms with Gasteiger partial charge in [0.2, 0.25) is 0 Å². The molecule has 0 saturated carbocycles. The standard InChI is InChI=1S/C62H46N2/c1-5-18-53(6-2)63(55-29-27-45-35-47-31-41-19-12-14-21-43(41)33-49(47)37-51(45)39-55)61-57(7-3)58(8-4)62(60-26-17-16-25-59(60)61)64(54-23-10-9-11-24-54)56-30-28-46-36-48-32-42-20-13-15-22-44(42)34-50(48)38-52(46)40-56/h5-8,10,12-40H,1-4,9,11H2. The summed E-state index contributed by atoms with van der Waals surface area (Å²) in [7, 11) is 0. The van der Waals surface area contributed by atoms with E-state index in [1.165, 1.54) is 59.2 Å². The van der Waals surface area contributed by atoms with Gasteiger partial charge in [-0.25, -0.2) is 0 Å². The first-order chi connectivity index (χ1) is 31.5. The lowest BCUT2D eigenvalue weighted by molar-refractivity contribution is 0.998. The molecule has 64 heavy (non-hydrogen) atoms. The lowest BCUT2D eigenvalue weighted by Gasteiger charge is -2.35. The van der Waals surface area contributed by atoms with Crippen LogP contribution in [-0.4, -0.2) is 0 Å². The molecule has 0 radical (unpaired) electrons. The van der Waals surface area contributed by atoms with Gasteiger partial charge in [0.15, 0.2) is 0 Å². The smallest absolute Gasteiger partial charge is 0.0619 e. The second-order valence-corrected chi connectivity index (χ2v) is 16.6. The highest BCUT2D eigenvalue weighted by Crippen LogP contribution is 2.50. The van der Waals surface area contributed by atoms with Gasteiger partial charge in [-0.05, 0) is 169 Å². The highest BCUT2D eigenvalue weighted by molar-refractivity contribution is 6.14.